The number of nitrogens with one attached hydrogen (secondary N) is 1. The van der Waals surface area contributed by atoms with Crippen LogP contribution in [0, 0.1) is 0 Å². The Morgan fingerprint density at radius 1 is 1.07 bits per heavy atom. The number of piperidine rings is 1. The second kappa shape index (κ2) is 7.91. The Morgan fingerprint density at radius 3 is 2.56 bits per heavy atom. The van der Waals surface area contributed by atoms with Crippen molar-refractivity contribution in [2.45, 2.75) is 76.9 Å². The Hall–Kier alpha value is -2.04. The smallest absolute Gasteiger partial charge is 0.257 e. The van der Waals surface area contributed by atoms with Crippen LogP contribution in [0.1, 0.15) is 85.4 Å². The predicted octanol–water partition coefficient (Wildman–Crippen LogP) is 3.93. The van der Waals surface area contributed by atoms with Crippen LogP contribution in [-0.4, -0.2) is 42.0 Å². The van der Waals surface area contributed by atoms with E-state index in [1.54, 1.807) is 0 Å². The van der Waals surface area contributed by atoms with Crippen molar-refractivity contribution < 1.29 is 9.59 Å². The molecule has 2 aliphatic heterocycles. The third-order valence-corrected chi connectivity index (χ3v) is 6.42. The van der Waals surface area contributed by atoms with Crippen LogP contribution in [0.4, 0.5) is 5.69 Å². The van der Waals surface area contributed by atoms with E-state index in [0.29, 0.717) is 5.56 Å². The first kappa shape index (κ1) is 18.3. The number of amides is 2. The summed E-state index contributed by atoms with van der Waals surface area (Å²) < 4.78 is 0. The highest BCUT2D eigenvalue weighted by Crippen LogP contribution is 2.35. The lowest BCUT2D eigenvalue weighted by Crippen LogP contribution is -2.57. The maximum absolute atomic E-state index is 12.9. The molecule has 0 radical (unpaired) electrons. The molecule has 1 saturated carbocycles. The summed E-state index contributed by atoms with van der Waals surface area (Å²) in [5.74, 6) is 0.120. The van der Waals surface area contributed by atoms with Crippen molar-refractivity contribution in [2.24, 2.45) is 0 Å². The van der Waals surface area contributed by atoms with Gasteiger partial charge in [0.05, 0.1) is 11.3 Å². The van der Waals surface area contributed by atoms with E-state index in [1.807, 2.05) is 23.1 Å². The number of carbonyl (C=O) groups excluding carboxylic acids is 2. The van der Waals surface area contributed by atoms with Crippen LogP contribution >= 0.6 is 0 Å². The molecule has 1 saturated heterocycles. The van der Waals surface area contributed by atoms with Gasteiger partial charge in [-0.15, -0.1) is 0 Å². The minimum atomic E-state index is -0.000671. The predicted molar refractivity (Wildman–Crippen MR) is 107 cm³/mol. The van der Waals surface area contributed by atoms with Gasteiger partial charge in [0.1, 0.15) is 6.17 Å². The maximum atomic E-state index is 12.9. The summed E-state index contributed by atoms with van der Waals surface area (Å²) in [7, 11) is 0. The molecule has 5 nitrogen and oxygen atoms in total. The Balaban J connectivity index is 1.58. The molecule has 1 N–H and O–H groups in total. The van der Waals surface area contributed by atoms with Gasteiger partial charge in [0.25, 0.3) is 11.8 Å². The number of carbonyl (C=O) groups is 2. The Kier molecular flexibility index (Phi) is 5.37. The van der Waals surface area contributed by atoms with E-state index in [9.17, 15) is 9.59 Å². The van der Waals surface area contributed by atoms with Crippen molar-refractivity contribution in [1.82, 2.24) is 10.2 Å². The molecule has 3 aliphatic rings. The van der Waals surface area contributed by atoms with E-state index in [0.717, 1.165) is 56.4 Å². The fraction of sp³-hybridized carbons (Fsp3) is 0.636. The number of fused-ring (bicyclic) bond motifs is 2. The SMILES string of the molecule is CCN1c2cc(C(=O)NC3CCCCCC3)ccc2C(=O)N2CCCC[C@H]21. The number of anilines is 1. The summed E-state index contributed by atoms with van der Waals surface area (Å²) in [6, 6.07) is 5.90. The van der Waals surface area contributed by atoms with E-state index >= 15 is 0 Å². The van der Waals surface area contributed by atoms with Crippen LogP contribution in [0.25, 0.3) is 0 Å². The average Bonchev–Trinajstić information content (AvgIpc) is 2.97. The highest BCUT2D eigenvalue weighted by molar-refractivity contribution is 6.04. The molecular formula is C22H31N3O2. The van der Waals surface area contributed by atoms with Crippen LogP contribution in [0.15, 0.2) is 18.2 Å². The maximum Gasteiger partial charge on any atom is 0.257 e. The molecule has 0 bridgehead atoms. The number of rotatable bonds is 3. The van der Waals surface area contributed by atoms with E-state index in [4.69, 9.17) is 0 Å². The first-order valence-electron chi connectivity index (χ1n) is 10.7. The minimum Gasteiger partial charge on any atom is -0.351 e. The largest absolute Gasteiger partial charge is 0.351 e. The highest BCUT2D eigenvalue weighted by Gasteiger charge is 2.38. The summed E-state index contributed by atoms with van der Waals surface area (Å²) in [4.78, 5) is 30.1. The molecule has 0 aromatic heterocycles. The number of nitrogens with zero attached hydrogens (tertiary/aromatic N) is 2. The van der Waals surface area contributed by atoms with Gasteiger partial charge in [0, 0.05) is 24.7 Å². The summed E-state index contributed by atoms with van der Waals surface area (Å²) in [5, 5.41) is 3.23. The zero-order chi connectivity index (χ0) is 18.8. The second-order valence-electron chi connectivity index (χ2n) is 8.15. The van der Waals surface area contributed by atoms with E-state index in [-0.39, 0.29) is 24.0 Å². The molecule has 4 rings (SSSR count). The monoisotopic (exact) mass is 369 g/mol. The normalized spacial score (nSPS) is 23.4. The Bertz CT molecular complexity index is 710. The summed E-state index contributed by atoms with van der Waals surface area (Å²) in [6.45, 7) is 3.81. The first-order chi connectivity index (χ1) is 13.2. The molecule has 2 fully saturated rings. The molecule has 0 unspecified atom stereocenters. The molecule has 1 aromatic rings. The highest BCUT2D eigenvalue weighted by atomic mass is 16.2. The van der Waals surface area contributed by atoms with Crippen molar-refractivity contribution in [3.05, 3.63) is 29.3 Å². The average molecular weight is 370 g/mol. The molecule has 1 atom stereocenters. The van der Waals surface area contributed by atoms with Crippen LogP contribution in [0.5, 0.6) is 0 Å². The van der Waals surface area contributed by atoms with Gasteiger partial charge in [-0.3, -0.25) is 9.59 Å². The van der Waals surface area contributed by atoms with Crippen LogP contribution in [0.3, 0.4) is 0 Å². The molecule has 1 aliphatic carbocycles. The fourth-order valence-electron chi connectivity index (χ4n) is 4.96. The zero-order valence-corrected chi connectivity index (χ0v) is 16.4. The number of hydrogen-bond acceptors (Lipinski definition) is 3. The van der Waals surface area contributed by atoms with Crippen molar-refractivity contribution in [1.29, 1.82) is 0 Å². The standard InChI is InChI=1S/C22H31N3O2/c1-2-24-19-15-16(21(26)23-17-9-5-3-4-6-10-17)12-13-18(19)22(27)25-14-8-7-11-20(24)25/h12-13,15,17,20H,2-11,14H2,1H3,(H,23,26)/t20-/m0/s1. The molecule has 2 amide bonds. The van der Waals surface area contributed by atoms with E-state index < -0.39 is 0 Å². The number of benzene rings is 1. The van der Waals surface area contributed by atoms with E-state index in [2.05, 4.69) is 17.1 Å². The van der Waals surface area contributed by atoms with Crippen LogP contribution < -0.4 is 10.2 Å². The molecule has 1 aromatic carbocycles. The topological polar surface area (TPSA) is 52.7 Å². The van der Waals surface area contributed by atoms with Gasteiger partial charge >= 0.3 is 0 Å². The molecule has 5 heteroatoms. The molecule has 27 heavy (non-hydrogen) atoms. The van der Waals surface area contributed by atoms with Gasteiger partial charge in [-0.05, 0) is 57.2 Å². The van der Waals surface area contributed by atoms with Gasteiger partial charge in [0.15, 0.2) is 0 Å². The molecule has 0 spiro atoms. The minimum absolute atomic E-state index is 0.000671. The van der Waals surface area contributed by atoms with Crippen LogP contribution in [0.2, 0.25) is 0 Å². The molecular weight excluding hydrogens is 338 g/mol. The Labute approximate surface area is 162 Å². The second-order valence-corrected chi connectivity index (χ2v) is 8.15. The van der Waals surface area contributed by atoms with Crippen molar-refractivity contribution in [2.75, 3.05) is 18.0 Å². The molecule has 2 heterocycles. The van der Waals surface area contributed by atoms with Crippen molar-refractivity contribution >= 4 is 17.5 Å². The van der Waals surface area contributed by atoms with E-state index in [1.165, 1.54) is 25.7 Å². The zero-order valence-electron chi connectivity index (χ0n) is 16.4. The van der Waals surface area contributed by atoms with Gasteiger partial charge in [0.2, 0.25) is 0 Å². The van der Waals surface area contributed by atoms with Crippen LogP contribution in [-0.2, 0) is 0 Å². The van der Waals surface area contributed by atoms with Gasteiger partial charge < -0.3 is 15.1 Å². The third kappa shape index (κ3) is 3.56. The summed E-state index contributed by atoms with van der Waals surface area (Å²) in [5.41, 5.74) is 2.34. The molecule has 146 valence electrons. The quantitative estimate of drug-likeness (QED) is 0.822. The summed E-state index contributed by atoms with van der Waals surface area (Å²) in [6.07, 6.45) is 10.5. The summed E-state index contributed by atoms with van der Waals surface area (Å²) >= 11 is 0. The third-order valence-electron chi connectivity index (χ3n) is 6.42. The lowest BCUT2D eigenvalue weighted by atomic mass is 9.97. The van der Waals surface area contributed by atoms with Crippen molar-refractivity contribution in [3.63, 3.8) is 0 Å². The lowest BCUT2D eigenvalue weighted by molar-refractivity contribution is 0.0582. The number of hydrogen-bond donors (Lipinski definition) is 1. The van der Waals surface area contributed by atoms with Crippen molar-refractivity contribution in [3.8, 4) is 0 Å². The Morgan fingerprint density at radius 2 is 1.81 bits per heavy atom. The lowest BCUT2D eigenvalue weighted by Gasteiger charge is -2.47. The first-order valence-corrected chi connectivity index (χ1v) is 10.7. The van der Waals surface area contributed by atoms with Gasteiger partial charge in [-0.1, -0.05) is 25.7 Å². The van der Waals surface area contributed by atoms with Gasteiger partial charge in [-0.2, -0.15) is 0 Å². The fourth-order valence-corrected chi connectivity index (χ4v) is 4.96. The van der Waals surface area contributed by atoms with Gasteiger partial charge in [-0.25, -0.2) is 0 Å².